The van der Waals surface area contributed by atoms with Crippen LogP contribution in [0.25, 0.3) is 0 Å². The molecule has 21 heavy (non-hydrogen) atoms. The number of methoxy groups -OCH3 is 1. The average Bonchev–Trinajstić information content (AvgIpc) is 2.52. The van der Waals surface area contributed by atoms with Gasteiger partial charge in [0.25, 0.3) is 0 Å². The zero-order valence-corrected chi connectivity index (χ0v) is 13.1. The molecule has 0 saturated heterocycles. The highest BCUT2D eigenvalue weighted by atomic mass is 35.5. The van der Waals surface area contributed by atoms with E-state index in [2.05, 4.69) is 42.5 Å². The Kier molecular flexibility index (Phi) is 6.36. The maximum Gasteiger partial charge on any atom is 0.123 e. The molecule has 0 unspecified atom stereocenters. The van der Waals surface area contributed by atoms with Gasteiger partial charge in [-0.2, -0.15) is 0 Å². The van der Waals surface area contributed by atoms with E-state index in [1.165, 1.54) is 11.1 Å². The maximum absolute atomic E-state index is 5.97. The molecule has 2 aromatic carbocycles. The zero-order valence-electron chi connectivity index (χ0n) is 12.4. The van der Waals surface area contributed by atoms with Crippen LogP contribution in [0.2, 0.25) is 5.02 Å². The van der Waals surface area contributed by atoms with Crippen molar-refractivity contribution in [2.24, 2.45) is 0 Å². The second-order valence-electron chi connectivity index (χ2n) is 5.01. The largest absolute Gasteiger partial charge is 0.496 e. The first-order chi connectivity index (χ1) is 10.3. The van der Waals surface area contributed by atoms with Crippen molar-refractivity contribution in [2.75, 3.05) is 7.11 Å². The van der Waals surface area contributed by atoms with E-state index >= 15 is 0 Å². The van der Waals surface area contributed by atoms with Crippen molar-refractivity contribution in [3.8, 4) is 5.75 Å². The van der Waals surface area contributed by atoms with E-state index in [4.69, 9.17) is 16.3 Å². The highest BCUT2D eigenvalue weighted by Gasteiger charge is 2.02. The molecule has 0 heterocycles. The molecule has 0 aromatic heterocycles. The van der Waals surface area contributed by atoms with Gasteiger partial charge in [0.1, 0.15) is 5.75 Å². The van der Waals surface area contributed by atoms with Gasteiger partial charge < -0.3 is 4.74 Å². The molecular weight excluding hydrogens is 280 g/mol. The lowest BCUT2D eigenvalue weighted by atomic mass is 10.1. The standard InChI is InChI=1S/C19H21ClO/c1-21-19-15-18(20)14-13-17(19)12-8-3-2-5-9-16-10-6-4-7-11-16/h2,4-7,10-11,13-15H,3,8-9,12H2,1H3/b5-2+. The first-order valence-electron chi connectivity index (χ1n) is 7.31. The molecule has 2 rings (SSSR count). The number of aryl methyl sites for hydroxylation is 1. The van der Waals surface area contributed by atoms with E-state index in [9.17, 15) is 0 Å². The second kappa shape index (κ2) is 8.53. The van der Waals surface area contributed by atoms with Gasteiger partial charge in [-0.05, 0) is 48.9 Å². The second-order valence-corrected chi connectivity index (χ2v) is 5.45. The van der Waals surface area contributed by atoms with E-state index in [-0.39, 0.29) is 0 Å². The predicted molar refractivity (Wildman–Crippen MR) is 90.2 cm³/mol. The lowest BCUT2D eigenvalue weighted by molar-refractivity contribution is 0.409. The van der Waals surface area contributed by atoms with Crippen LogP contribution in [0.4, 0.5) is 0 Å². The van der Waals surface area contributed by atoms with Gasteiger partial charge in [-0.25, -0.2) is 0 Å². The van der Waals surface area contributed by atoms with E-state index in [0.29, 0.717) is 0 Å². The Morgan fingerprint density at radius 3 is 2.62 bits per heavy atom. The summed E-state index contributed by atoms with van der Waals surface area (Å²) in [5.41, 5.74) is 2.58. The number of rotatable bonds is 7. The third kappa shape index (κ3) is 5.28. The van der Waals surface area contributed by atoms with Crippen LogP contribution >= 0.6 is 11.6 Å². The molecule has 2 heteroatoms. The number of halogens is 1. The molecule has 110 valence electrons. The summed E-state index contributed by atoms with van der Waals surface area (Å²) in [5.74, 6) is 0.885. The lowest BCUT2D eigenvalue weighted by Crippen LogP contribution is -1.92. The van der Waals surface area contributed by atoms with Crippen molar-refractivity contribution in [1.82, 2.24) is 0 Å². The van der Waals surface area contributed by atoms with Gasteiger partial charge in [0.05, 0.1) is 7.11 Å². The minimum atomic E-state index is 0.721. The van der Waals surface area contributed by atoms with Crippen LogP contribution in [-0.4, -0.2) is 7.11 Å². The predicted octanol–water partition coefficient (Wildman–Crippen LogP) is 5.47. The number of unbranched alkanes of at least 4 members (excludes halogenated alkanes) is 1. The fraction of sp³-hybridized carbons (Fsp3) is 0.263. The van der Waals surface area contributed by atoms with E-state index in [0.717, 1.165) is 36.5 Å². The van der Waals surface area contributed by atoms with Crippen molar-refractivity contribution in [3.05, 3.63) is 76.8 Å². The molecule has 0 bridgehead atoms. The lowest BCUT2D eigenvalue weighted by Gasteiger charge is -2.08. The molecule has 0 N–H and O–H groups in total. The smallest absolute Gasteiger partial charge is 0.123 e. The topological polar surface area (TPSA) is 9.23 Å². The first-order valence-corrected chi connectivity index (χ1v) is 7.68. The normalized spacial score (nSPS) is 11.0. The van der Waals surface area contributed by atoms with Gasteiger partial charge in [-0.3, -0.25) is 0 Å². The van der Waals surface area contributed by atoms with E-state index in [1.807, 2.05) is 18.2 Å². The Hall–Kier alpha value is -1.73. The molecule has 0 aliphatic rings. The van der Waals surface area contributed by atoms with Crippen LogP contribution in [0.3, 0.4) is 0 Å². The van der Waals surface area contributed by atoms with Crippen molar-refractivity contribution in [1.29, 1.82) is 0 Å². The molecule has 0 spiro atoms. The fourth-order valence-electron chi connectivity index (χ4n) is 2.29. The molecule has 0 radical (unpaired) electrons. The number of ether oxygens (including phenoxy) is 1. The molecule has 0 amide bonds. The Morgan fingerprint density at radius 2 is 1.86 bits per heavy atom. The van der Waals surface area contributed by atoms with E-state index in [1.54, 1.807) is 7.11 Å². The molecular formula is C19H21ClO. The van der Waals surface area contributed by atoms with E-state index < -0.39 is 0 Å². The van der Waals surface area contributed by atoms with Gasteiger partial charge in [-0.1, -0.05) is 60.2 Å². The first kappa shape index (κ1) is 15.7. The third-order valence-electron chi connectivity index (χ3n) is 3.43. The quantitative estimate of drug-likeness (QED) is 0.486. The SMILES string of the molecule is COc1cc(Cl)ccc1CCC/C=C/Cc1ccccc1. The molecule has 2 aromatic rings. The highest BCUT2D eigenvalue weighted by Crippen LogP contribution is 2.24. The number of hydrogen-bond donors (Lipinski definition) is 0. The Balaban J connectivity index is 1.75. The van der Waals surface area contributed by atoms with Crippen LogP contribution in [-0.2, 0) is 12.8 Å². The van der Waals surface area contributed by atoms with Crippen molar-refractivity contribution >= 4 is 11.6 Å². The minimum Gasteiger partial charge on any atom is -0.496 e. The average molecular weight is 301 g/mol. The molecule has 0 saturated carbocycles. The Labute approximate surface area is 132 Å². The fourth-order valence-corrected chi connectivity index (χ4v) is 2.45. The monoisotopic (exact) mass is 300 g/mol. The van der Waals surface area contributed by atoms with Crippen molar-refractivity contribution in [2.45, 2.75) is 25.7 Å². The molecule has 0 aliphatic heterocycles. The van der Waals surface area contributed by atoms with Crippen molar-refractivity contribution < 1.29 is 4.74 Å². The summed E-state index contributed by atoms with van der Waals surface area (Å²) in [4.78, 5) is 0. The van der Waals surface area contributed by atoms with Crippen molar-refractivity contribution in [3.63, 3.8) is 0 Å². The maximum atomic E-state index is 5.97. The summed E-state index contributed by atoms with van der Waals surface area (Å²) in [6, 6.07) is 16.4. The van der Waals surface area contributed by atoms with Gasteiger partial charge in [0.2, 0.25) is 0 Å². The number of benzene rings is 2. The molecule has 0 aliphatic carbocycles. The molecule has 1 nitrogen and oxygen atoms in total. The summed E-state index contributed by atoms with van der Waals surface area (Å²) in [5, 5.41) is 0.721. The summed E-state index contributed by atoms with van der Waals surface area (Å²) >= 11 is 5.97. The van der Waals surface area contributed by atoms with Gasteiger partial charge in [0, 0.05) is 5.02 Å². The summed E-state index contributed by atoms with van der Waals surface area (Å²) in [6.07, 6.45) is 8.72. The summed E-state index contributed by atoms with van der Waals surface area (Å²) in [7, 11) is 1.69. The Bertz CT molecular complexity index is 575. The summed E-state index contributed by atoms with van der Waals surface area (Å²) < 4.78 is 5.36. The number of hydrogen-bond acceptors (Lipinski definition) is 1. The van der Waals surface area contributed by atoms with Crippen LogP contribution in [0.15, 0.2) is 60.7 Å². The molecule has 0 fully saturated rings. The minimum absolute atomic E-state index is 0.721. The van der Waals surface area contributed by atoms with Gasteiger partial charge in [-0.15, -0.1) is 0 Å². The highest BCUT2D eigenvalue weighted by molar-refractivity contribution is 6.30. The zero-order chi connectivity index (χ0) is 14.9. The molecule has 0 atom stereocenters. The van der Waals surface area contributed by atoms with Gasteiger partial charge >= 0.3 is 0 Å². The van der Waals surface area contributed by atoms with Crippen LogP contribution < -0.4 is 4.74 Å². The van der Waals surface area contributed by atoms with Gasteiger partial charge in [0.15, 0.2) is 0 Å². The van der Waals surface area contributed by atoms with Crippen LogP contribution in [0, 0.1) is 0 Å². The van der Waals surface area contributed by atoms with Crippen LogP contribution in [0.1, 0.15) is 24.0 Å². The van der Waals surface area contributed by atoms with Crippen LogP contribution in [0.5, 0.6) is 5.75 Å². The Morgan fingerprint density at radius 1 is 1.05 bits per heavy atom. The third-order valence-corrected chi connectivity index (χ3v) is 3.66. The number of allylic oxidation sites excluding steroid dienone is 2. The summed E-state index contributed by atoms with van der Waals surface area (Å²) in [6.45, 7) is 0.